The molecule has 0 saturated carbocycles. The number of benzene rings is 1. The molecule has 0 fully saturated rings. The Kier molecular flexibility index (Phi) is 6.68. The number of ether oxygens (including phenoxy) is 1. The summed E-state index contributed by atoms with van der Waals surface area (Å²) in [5.41, 5.74) is 5.98. The summed E-state index contributed by atoms with van der Waals surface area (Å²) < 4.78 is 8.18. The van der Waals surface area contributed by atoms with E-state index in [1.807, 2.05) is 6.92 Å². The number of H-pyrrole nitrogens is 1. The molecular weight excluding hydrogens is 388 g/mol. The van der Waals surface area contributed by atoms with Crippen LogP contribution in [0.5, 0.6) is 5.75 Å². The average molecular weight is 414 g/mol. The molecule has 0 atom stereocenters. The second-order valence-electron chi connectivity index (χ2n) is 6.72. The quantitative estimate of drug-likeness (QED) is 0.465. The Morgan fingerprint density at radius 1 is 1.20 bits per heavy atom. The zero-order valence-corrected chi connectivity index (χ0v) is 17.1. The minimum atomic E-state index is -0.382. The van der Waals surface area contributed by atoms with Crippen LogP contribution in [0.4, 0.5) is 0 Å². The molecule has 2 aromatic heterocycles. The van der Waals surface area contributed by atoms with Gasteiger partial charge in [0.2, 0.25) is 0 Å². The molecule has 10 heteroatoms. The van der Waals surface area contributed by atoms with Gasteiger partial charge in [0, 0.05) is 31.7 Å². The fourth-order valence-electron chi connectivity index (χ4n) is 3.13. The van der Waals surface area contributed by atoms with E-state index in [-0.39, 0.29) is 30.3 Å². The van der Waals surface area contributed by atoms with Gasteiger partial charge < -0.3 is 20.8 Å². The van der Waals surface area contributed by atoms with E-state index >= 15 is 0 Å². The van der Waals surface area contributed by atoms with Crippen molar-refractivity contribution in [2.75, 3.05) is 19.7 Å². The molecule has 0 unspecified atom stereocenters. The summed E-state index contributed by atoms with van der Waals surface area (Å²) in [6.07, 6.45) is 0.740. The van der Waals surface area contributed by atoms with Crippen molar-refractivity contribution in [2.24, 2.45) is 5.73 Å². The highest BCUT2D eigenvalue weighted by Gasteiger charge is 2.17. The van der Waals surface area contributed by atoms with Gasteiger partial charge in [0.05, 0.1) is 0 Å². The van der Waals surface area contributed by atoms with Gasteiger partial charge >= 0.3 is 5.69 Å². The molecule has 10 nitrogen and oxygen atoms in total. The number of aromatic amines is 1. The number of fused-ring (bicyclic) bond motifs is 1. The highest BCUT2D eigenvalue weighted by molar-refractivity contribution is 5.77. The molecule has 0 aliphatic rings. The van der Waals surface area contributed by atoms with Gasteiger partial charge in [0.1, 0.15) is 17.1 Å². The van der Waals surface area contributed by atoms with Crippen molar-refractivity contribution >= 4 is 17.1 Å². The molecule has 3 aromatic rings. The fourth-order valence-corrected chi connectivity index (χ4v) is 3.13. The summed E-state index contributed by atoms with van der Waals surface area (Å²) in [6, 6.07) is 6.96. The molecular formula is C20H26N6O4. The summed E-state index contributed by atoms with van der Waals surface area (Å²) in [7, 11) is 0. The Bertz CT molecular complexity index is 1140. The molecule has 160 valence electrons. The van der Waals surface area contributed by atoms with Crippen LogP contribution in [0, 0.1) is 0 Å². The van der Waals surface area contributed by atoms with Crippen molar-refractivity contribution in [3.8, 4) is 17.1 Å². The maximum Gasteiger partial charge on any atom is 0.332 e. The second-order valence-corrected chi connectivity index (χ2v) is 6.72. The zero-order chi connectivity index (χ0) is 21.7. The highest BCUT2D eigenvalue weighted by Crippen LogP contribution is 2.21. The molecule has 0 spiro atoms. The SMILES string of the molecule is CCCn1c(=O)n(CC)c(=O)c2[nH]c(-c3ccc(OCC(=O)NCCN)cc3)nc21. The molecule has 1 amide bonds. The Morgan fingerprint density at radius 2 is 1.93 bits per heavy atom. The number of rotatable bonds is 9. The maximum absolute atomic E-state index is 12.7. The number of nitrogens with one attached hydrogen (secondary N) is 2. The van der Waals surface area contributed by atoms with E-state index in [4.69, 9.17) is 10.5 Å². The third-order valence-electron chi connectivity index (χ3n) is 4.59. The number of carbonyl (C=O) groups is 1. The number of hydrogen-bond donors (Lipinski definition) is 3. The zero-order valence-electron chi connectivity index (χ0n) is 17.1. The van der Waals surface area contributed by atoms with Gasteiger partial charge in [-0.05, 0) is 37.6 Å². The normalized spacial score (nSPS) is 11.0. The molecule has 30 heavy (non-hydrogen) atoms. The van der Waals surface area contributed by atoms with E-state index in [1.54, 1.807) is 31.2 Å². The predicted octanol–water partition coefficient (Wildman–Crippen LogP) is 0.437. The summed E-state index contributed by atoms with van der Waals surface area (Å²) >= 11 is 0. The summed E-state index contributed by atoms with van der Waals surface area (Å²) in [6.45, 7) is 5.14. The standard InChI is InChI=1S/C20H26N6O4/c1-3-11-26-18-16(19(28)25(4-2)20(26)29)23-17(24-18)13-5-7-14(8-6-13)30-12-15(27)22-10-9-21/h5-8H,3-4,9-12,21H2,1-2H3,(H,22,27)(H,23,24). The van der Waals surface area contributed by atoms with Crippen LogP contribution < -0.4 is 27.0 Å². The van der Waals surface area contributed by atoms with E-state index in [9.17, 15) is 14.4 Å². The van der Waals surface area contributed by atoms with Gasteiger partial charge in [-0.2, -0.15) is 0 Å². The first-order valence-corrected chi connectivity index (χ1v) is 9.93. The molecule has 4 N–H and O–H groups in total. The van der Waals surface area contributed by atoms with Crippen LogP contribution in [0.25, 0.3) is 22.6 Å². The minimum absolute atomic E-state index is 0.107. The number of amides is 1. The molecule has 0 radical (unpaired) electrons. The molecule has 0 aliphatic heterocycles. The van der Waals surface area contributed by atoms with E-state index in [1.165, 1.54) is 9.13 Å². The van der Waals surface area contributed by atoms with E-state index < -0.39 is 0 Å². The maximum atomic E-state index is 12.7. The Balaban J connectivity index is 1.89. The van der Waals surface area contributed by atoms with Crippen LogP contribution in [-0.4, -0.2) is 44.7 Å². The van der Waals surface area contributed by atoms with Gasteiger partial charge in [-0.3, -0.25) is 18.7 Å². The van der Waals surface area contributed by atoms with Crippen LogP contribution in [0.1, 0.15) is 20.3 Å². The van der Waals surface area contributed by atoms with Crippen LogP contribution >= 0.6 is 0 Å². The minimum Gasteiger partial charge on any atom is -0.484 e. The Labute approximate surface area is 172 Å². The molecule has 3 rings (SSSR count). The van der Waals surface area contributed by atoms with Crippen LogP contribution in [0.3, 0.4) is 0 Å². The molecule has 1 aromatic carbocycles. The molecule has 0 bridgehead atoms. The largest absolute Gasteiger partial charge is 0.484 e. The third-order valence-corrected chi connectivity index (χ3v) is 4.59. The lowest BCUT2D eigenvalue weighted by Gasteiger charge is -2.08. The van der Waals surface area contributed by atoms with E-state index in [2.05, 4.69) is 15.3 Å². The van der Waals surface area contributed by atoms with Gasteiger partial charge in [-0.25, -0.2) is 9.78 Å². The van der Waals surface area contributed by atoms with Crippen molar-refractivity contribution in [1.29, 1.82) is 0 Å². The first kappa shape index (κ1) is 21.3. The summed E-state index contributed by atoms with van der Waals surface area (Å²) in [4.78, 5) is 44.5. The van der Waals surface area contributed by atoms with Gasteiger partial charge in [0.25, 0.3) is 11.5 Å². The van der Waals surface area contributed by atoms with Gasteiger partial charge in [-0.1, -0.05) is 6.92 Å². The lowest BCUT2D eigenvalue weighted by Crippen LogP contribution is -2.39. The van der Waals surface area contributed by atoms with E-state index in [0.29, 0.717) is 42.4 Å². The molecule has 0 aliphatic carbocycles. The number of carbonyl (C=O) groups excluding carboxylic acids is 1. The fraction of sp³-hybridized carbons (Fsp3) is 0.400. The third kappa shape index (κ3) is 4.28. The first-order chi connectivity index (χ1) is 14.5. The second kappa shape index (κ2) is 9.40. The summed E-state index contributed by atoms with van der Waals surface area (Å²) in [5, 5.41) is 2.63. The number of aromatic nitrogens is 4. The topological polar surface area (TPSA) is 137 Å². The van der Waals surface area contributed by atoms with Crippen molar-refractivity contribution in [2.45, 2.75) is 33.4 Å². The number of hydrogen-bond acceptors (Lipinski definition) is 6. The number of nitrogens with zero attached hydrogens (tertiary/aromatic N) is 3. The number of nitrogens with two attached hydrogens (primary N) is 1. The monoisotopic (exact) mass is 414 g/mol. The van der Waals surface area contributed by atoms with Crippen molar-refractivity contribution in [3.63, 3.8) is 0 Å². The van der Waals surface area contributed by atoms with Gasteiger partial charge in [0.15, 0.2) is 12.3 Å². The molecule has 0 saturated heterocycles. The van der Waals surface area contributed by atoms with Gasteiger partial charge in [-0.15, -0.1) is 0 Å². The molecule has 2 heterocycles. The van der Waals surface area contributed by atoms with Crippen molar-refractivity contribution in [3.05, 3.63) is 45.1 Å². The Hall–Kier alpha value is -3.40. The van der Waals surface area contributed by atoms with Crippen molar-refractivity contribution in [1.82, 2.24) is 24.4 Å². The lowest BCUT2D eigenvalue weighted by atomic mass is 10.2. The number of aryl methyl sites for hydroxylation is 1. The Morgan fingerprint density at radius 3 is 2.57 bits per heavy atom. The first-order valence-electron chi connectivity index (χ1n) is 9.93. The van der Waals surface area contributed by atoms with Crippen LogP contribution in [0.15, 0.2) is 33.9 Å². The highest BCUT2D eigenvalue weighted by atomic mass is 16.5. The smallest absolute Gasteiger partial charge is 0.332 e. The number of imidazole rings is 1. The predicted molar refractivity (Wildman–Crippen MR) is 114 cm³/mol. The van der Waals surface area contributed by atoms with Crippen LogP contribution in [-0.2, 0) is 17.9 Å². The summed E-state index contributed by atoms with van der Waals surface area (Å²) in [5.74, 6) is 0.754. The van der Waals surface area contributed by atoms with Crippen molar-refractivity contribution < 1.29 is 9.53 Å². The lowest BCUT2D eigenvalue weighted by molar-refractivity contribution is -0.123. The average Bonchev–Trinajstić information content (AvgIpc) is 3.20. The van der Waals surface area contributed by atoms with E-state index in [0.717, 1.165) is 12.0 Å². The van der Waals surface area contributed by atoms with Crippen LogP contribution in [0.2, 0.25) is 0 Å².